The molecule has 136 valence electrons. The number of hydrogen-bond acceptors (Lipinski definition) is 5. The van der Waals surface area contributed by atoms with Gasteiger partial charge in [-0.05, 0) is 36.1 Å². The van der Waals surface area contributed by atoms with Crippen LogP contribution in [0.15, 0.2) is 29.2 Å². The number of aromatic carboxylic acids is 1. The van der Waals surface area contributed by atoms with Gasteiger partial charge in [0.25, 0.3) is 10.0 Å². The second-order valence-electron chi connectivity index (χ2n) is 6.78. The molecule has 25 heavy (non-hydrogen) atoms. The number of benzene rings is 1. The van der Waals surface area contributed by atoms with Crippen molar-refractivity contribution in [3.05, 3.63) is 29.8 Å². The van der Waals surface area contributed by atoms with Crippen molar-refractivity contribution in [3.63, 3.8) is 0 Å². The van der Waals surface area contributed by atoms with Crippen molar-refractivity contribution in [1.82, 2.24) is 4.31 Å². The third kappa shape index (κ3) is 2.95. The van der Waals surface area contributed by atoms with Crippen LogP contribution >= 0.6 is 0 Å². The average molecular weight is 367 g/mol. The highest BCUT2D eigenvalue weighted by atomic mass is 32.2. The predicted molar refractivity (Wildman–Crippen MR) is 89.2 cm³/mol. The second-order valence-corrected chi connectivity index (χ2v) is 8.57. The van der Waals surface area contributed by atoms with Gasteiger partial charge in [-0.3, -0.25) is 9.59 Å². The molecule has 1 aromatic rings. The minimum atomic E-state index is -4.39. The number of imide groups is 1. The summed E-state index contributed by atoms with van der Waals surface area (Å²) < 4.78 is 26.0. The smallest absolute Gasteiger partial charge is 0.335 e. The SMILES string of the molecule is CCC1C(=O)N(S(=O)(=O)c2ccc(C(=O)O)cc2)C(=O)C(C)C1(C)C. The Balaban J connectivity index is 2.52. The number of carboxylic acids is 1. The zero-order valence-electron chi connectivity index (χ0n) is 14.5. The topological polar surface area (TPSA) is 109 Å². The highest BCUT2D eigenvalue weighted by Crippen LogP contribution is 2.44. The third-order valence-corrected chi connectivity index (χ3v) is 6.84. The van der Waals surface area contributed by atoms with Gasteiger partial charge >= 0.3 is 5.97 Å². The summed E-state index contributed by atoms with van der Waals surface area (Å²) in [5.41, 5.74) is -0.738. The van der Waals surface area contributed by atoms with Gasteiger partial charge in [0.2, 0.25) is 11.8 Å². The molecule has 1 saturated heterocycles. The molecule has 0 aliphatic carbocycles. The summed E-state index contributed by atoms with van der Waals surface area (Å²) in [6.45, 7) is 6.97. The number of hydrogen-bond donors (Lipinski definition) is 1. The highest BCUT2D eigenvalue weighted by Gasteiger charge is 2.54. The summed E-state index contributed by atoms with van der Waals surface area (Å²) in [5, 5.41) is 8.90. The first-order chi connectivity index (χ1) is 11.5. The maximum Gasteiger partial charge on any atom is 0.335 e. The normalized spacial score (nSPS) is 23.6. The van der Waals surface area contributed by atoms with Gasteiger partial charge < -0.3 is 5.11 Å². The molecular weight excluding hydrogens is 346 g/mol. The largest absolute Gasteiger partial charge is 0.478 e. The van der Waals surface area contributed by atoms with Crippen LogP contribution in [0.4, 0.5) is 0 Å². The third-order valence-electron chi connectivity index (χ3n) is 5.13. The van der Waals surface area contributed by atoms with Gasteiger partial charge in [0.15, 0.2) is 0 Å². The molecule has 0 aromatic heterocycles. The predicted octanol–water partition coefficient (Wildman–Crippen LogP) is 2.13. The van der Waals surface area contributed by atoms with Crippen molar-refractivity contribution >= 4 is 27.8 Å². The molecule has 2 atom stereocenters. The van der Waals surface area contributed by atoms with Crippen LogP contribution in [-0.2, 0) is 19.6 Å². The number of carbonyl (C=O) groups excluding carboxylic acids is 2. The maximum absolute atomic E-state index is 12.8. The summed E-state index contributed by atoms with van der Waals surface area (Å²) in [6.07, 6.45) is 0.410. The zero-order valence-corrected chi connectivity index (χ0v) is 15.3. The second kappa shape index (κ2) is 6.25. The number of amides is 2. The van der Waals surface area contributed by atoms with E-state index in [1.165, 1.54) is 0 Å². The minimum Gasteiger partial charge on any atom is -0.478 e. The molecule has 0 spiro atoms. The standard InChI is InChI=1S/C17H21NO6S/c1-5-13-15(20)18(14(19)10(2)17(13,3)4)25(23,24)12-8-6-11(7-9-12)16(21)22/h6-10,13H,5H2,1-4H3,(H,21,22). The highest BCUT2D eigenvalue weighted by molar-refractivity contribution is 7.90. The molecule has 1 aliphatic heterocycles. The molecule has 2 amide bonds. The van der Waals surface area contributed by atoms with Crippen LogP contribution in [0.2, 0.25) is 0 Å². The molecule has 2 unspecified atom stereocenters. The molecule has 1 heterocycles. The summed E-state index contributed by atoms with van der Waals surface area (Å²) >= 11 is 0. The van der Waals surface area contributed by atoms with Crippen LogP contribution in [0.25, 0.3) is 0 Å². The van der Waals surface area contributed by atoms with Gasteiger partial charge in [-0.2, -0.15) is 4.31 Å². The maximum atomic E-state index is 12.8. The van der Waals surface area contributed by atoms with Crippen molar-refractivity contribution in [1.29, 1.82) is 0 Å². The van der Waals surface area contributed by atoms with Gasteiger partial charge in [0.1, 0.15) is 0 Å². The van der Waals surface area contributed by atoms with E-state index in [9.17, 15) is 22.8 Å². The molecule has 1 aromatic carbocycles. The minimum absolute atomic E-state index is 0.0869. The monoisotopic (exact) mass is 367 g/mol. The molecule has 1 aliphatic rings. The van der Waals surface area contributed by atoms with E-state index >= 15 is 0 Å². The molecule has 2 rings (SSSR count). The Morgan fingerprint density at radius 2 is 1.68 bits per heavy atom. The van der Waals surface area contributed by atoms with E-state index in [0.717, 1.165) is 24.3 Å². The fraction of sp³-hybridized carbons (Fsp3) is 0.471. The van der Waals surface area contributed by atoms with Gasteiger partial charge in [0.05, 0.1) is 10.5 Å². The lowest BCUT2D eigenvalue weighted by Gasteiger charge is -2.45. The van der Waals surface area contributed by atoms with Crippen LogP contribution < -0.4 is 0 Å². The van der Waals surface area contributed by atoms with Gasteiger partial charge in [-0.1, -0.05) is 27.7 Å². The first-order valence-corrected chi connectivity index (χ1v) is 9.36. The lowest BCUT2D eigenvalue weighted by Crippen LogP contribution is -2.58. The fourth-order valence-electron chi connectivity index (χ4n) is 3.18. The molecule has 0 saturated carbocycles. The van der Waals surface area contributed by atoms with Gasteiger partial charge in [-0.25, -0.2) is 13.2 Å². The van der Waals surface area contributed by atoms with E-state index in [4.69, 9.17) is 5.11 Å². The number of piperidine rings is 1. The molecule has 0 bridgehead atoms. The molecule has 1 N–H and O–H groups in total. The number of sulfonamides is 1. The number of nitrogens with zero attached hydrogens (tertiary/aromatic N) is 1. The summed E-state index contributed by atoms with van der Waals surface area (Å²) in [5.74, 6) is -3.95. The van der Waals surface area contributed by atoms with Crippen molar-refractivity contribution in [2.75, 3.05) is 0 Å². The van der Waals surface area contributed by atoms with Crippen LogP contribution in [0, 0.1) is 17.3 Å². The quantitative estimate of drug-likeness (QED) is 0.817. The van der Waals surface area contributed by atoms with Crippen LogP contribution in [-0.4, -0.2) is 35.6 Å². The van der Waals surface area contributed by atoms with E-state index in [1.807, 2.05) is 0 Å². The van der Waals surface area contributed by atoms with Crippen molar-refractivity contribution in [3.8, 4) is 0 Å². The summed E-state index contributed by atoms with van der Waals surface area (Å²) in [7, 11) is -4.39. The van der Waals surface area contributed by atoms with Crippen LogP contribution in [0.3, 0.4) is 0 Å². The lowest BCUT2D eigenvalue weighted by molar-refractivity contribution is -0.157. The fourth-order valence-corrected chi connectivity index (χ4v) is 4.63. The van der Waals surface area contributed by atoms with Crippen molar-refractivity contribution < 1.29 is 27.9 Å². The first-order valence-electron chi connectivity index (χ1n) is 7.92. The summed E-state index contributed by atoms with van der Waals surface area (Å²) in [6, 6.07) is 4.42. The number of carbonyl (C=O) groups is 3. The molecule has 1 fully saturated rings. The van der Waals surface area contributed by atoms with E-state index in [1.54, 1.807) is 27.7 Å². The van der Waals surface area contributed by atoms with Crippen molar-refractivity contribution in [2.45, 2.75) is 39.0 Å². The van der Waals surface area contributed by atoms with E-state index in [2.05, 4.69) is 0 Å². The zero-order chi connectivity index (χ0) is 19.2. The van der Waals surface area contributed by atoms with Crippen LogP contribution in [0.5, 0.6) is 0 Å². The number of rotatable bonds is 4. The Kier molecular flexibility index (Phi) is 4.78. The first kappa shape index (κ1) is 19.1. The molecule has 0 radical (unpaired) electrons. The number of carboxylic acid groups (broad SMARTS) is 1. The van der Waals surface area contributed by atoms with Crippen LogP contribution in [0.1, 0.15) is 44.5 Å². The van der Waals surface area contributed by atoms with Gasteiger partial charge in [0, 0.05) is 11.8 Å². The Labute approximate surface area is 146 Å². The lowest BCUT2D eigenvalue weighted by atomic mass is 9.66. The Bertz CT molecular complexity index is 825. The Morgan fingerprint density at radius 1 is 1.16 bits per heavy atom. The van der Waals surface area contributed by atoms with Gasteiger partial charge in [-0.15, -0.1) is 0 Å². The van der Waals surface area contributed by atoms with E-state index < -0.39 is 45.1 Å². The molecular formula is C17H21NO6S. The Morgan fingerprint density at radius 3 is 2.12 bits per heavy atom. The van der Waals surface area contributed by atoms with Crippen molar-refractivity contribution in [2.24, 2.45) is 17.3 Å². The average Bonchev–Trinajstić information content (AvgIpc) is 2.53. The van der Waals surface area contributed by atoms with E-state index in [0.29, 0.717) is 10.7 Å². The Hall–Kier alpha value is -2.22. The van der Waals surface area contributed by atoms with E-state index in [-0.39, 0.29) is 10.5 Å². The molecule has 7 nitrogen and oxygen atoms in total. The summed E-state index contributed by atoms with van der Waals surface area (Å²) in [4.78, 5) is 36.0. The molecule has 8 heteroatoms.